The predicted molar refractivity (Wildman–Crippen MR) is 66.4 cm³/mol. The molecule has 0 fully saturated rings. The Labute approximate surface area is 95.1 Å². The van der Waals surface area contributed by atoms with Crippen molar-refractivity contribution in [1.29, 1.82) is 0 Å². The average molecular weight is 231 g/mol. The molecule has 0 N–H and O–H groups in total. The minimum atomic E-state index is -1.38. The predicted octanol–water partition coefficient (Wildman–Crippen LogP) is 4.36. The van der Waals surface area contributed by atoms with Crippen molar-refractivity contribution in [2.24, 2.45) is 0 Å². The topological polar surface area (TPSA) is 4.93 Å². The van der Waals surface area contributed by atoms with E-state index in [-0.39, 0.29) is 0 Å². The fourth-order valence-corrected chi connectivity index (χ4v) is 3.11. The van der Waals surface area contributed by atoms with Crippen LogP contribution in [0.25, 0.3) is 10.9 Å². The molecule has 80 valence electrons. The maximum Gasteiger partial charge on any atom is 0.212 e. The van der Waals surface area contributed by atoms with Crippen LogP contribution in [0.5, 0.6) is 0 Å². The summed E-state index contributed by atoms with van der Waals surface area (Å²) in [4.78, 5) is 0. The SMILES string of the molecule is FC1(n2pcc3ccccc32)C=CC=CC1. The highest BCUT2D eigenvalue weighted by Gasteiger charge is 2.29. The van der Waals surface area contributed by atoms with Gasteiger partial charge in [-0.2, -0.15) is 0 Å². The normalized spacial score (nSPS) is 24.6. The van der Waals surface area contributed by atoms with Gasteiger partial charge in [0, 0.05) is 20.2 Å². The molecule has 3 heteroatoms. The van der Waals surface area contributed by atoms with E-state index < -0.39 is 5.79 Å². The highest BCUT2D eigenvalue weighted by Crippen LogP contribution is 2.36. The number of allylic oxidation sites excluding steroid dienone is 4. The van der Waals surface area contributed by atoms with Gasteiger partial charge in [-0.1, -0.05) is 36.4 Å². The second-order valence-corrected chi connectivity index (χ2v) is 4.81. The summed E-state index contributed by atoms with van der Waals surface area (Å²) in [5.41, 5.74) is 0.978. The number of rotatable bonds is 1. The Morgan fingerprint density at radius 1 is 1.25 bits per heavy atom. The van der Waals surface area contributed by atoms with E-state index in [0.29, 0.717) is 6.42 Å². The lowest BCUT2D eigenvalue weighted by molar-refractivity contribution is 0.156. The summed E-state index contributed by atoms with van der Waals surface area (Å²) in [7, 11) is 0.906. The second-order valence-electron chi connectivity index (χ2n) is 3.93. The van der Waals surface area contributed by atoms with Crippen LogP contribution in [0.2, 0.25) is 0 Å². The molecule has 1 heterocycles. The van der Waals surface area contributed by atoms with E-state index >= 15 is 0 Å². The van der Waals surface area contributed by atoms with E-state index in [9.17, 15) is 4.39 Å². The third kappa shape index (κ3) is 1.42. The lowest BCUT2D eigenvalue weighted by Gasteiger charge is -2.24. The van der Waals surface area contributed by atoms with Crippen molar-refractivity contribution >= 4 is 19.3 Å². The van der Waals surface area contributed by atoms with Crippen LogP contribution in [-0.4, -0.2) is 4.33 Å². The quantitative estimate of drug-likeness (QED) is 0.687. The molecule has 0 spiro atoms. The van der Waals surface area contributed by atoms with Crippen LogP contribution in [-0.2, 0) is 5.79 Å². The number of alkyl halides is 1. The van der Waals surface area contributed by atoms with Gasteiger partial charge in [-0.3, -0.25) is 4.33 Å². The minimum absolute atomic E-state index is 0.415. The molecule has 0 saturated heterocycles. The van der Waals surface area contributed by atoms with E-state index in [2.05, 4.69) is 0 Å². The number of hydrogen-bond acceptors (Lipinski definition) is 0. The molecule has 1 aliphatic rings. The van der Waals surface area contributed by atoms with Gasteiger partial charge in [0.2, 0.25) is 5.79 Å². The zero-order valence-corrected chi connectivity index (χ0v) is 9.57. The zero-order chi connectivity index (χ0) is 11.0. The maximum atomic E-state index is 14.7. The molecule has 0 saturated carbocycles. The Morgan fingerprint density at radius 2 is 2.12 bits per heavy atom. The van der Waals surface area contributed by atoms with Gasteiger partial charge in [0.05, 0.1) is 5.52 Å². The maximum absolute atomic E-state index is 14.7. The Kier molecular flexibility index (Phi) is 2.19. The van der Waals surface area contributed by atoms with Crippen molar-refractivity contribution < 1.29 is 4.39 Å². The Morgan fingerprint density at radius 3 is 2.94 bits per heavy atom. The van der Waals surface area contributed by atoms with Gasteiger partial charge in [0.15, 0.2) is 0 Å². The van der Waals surface area contributed by atoms with Gasteiger partial charge in [-0.25, -0.2) is 4.39 Å². The second kappa shape index (κ2) is 3.57. The third-order valence-corrected chi connectivity index (χ3v) is 4.00. The molecular formula is C13H11FNP. The first-order valence-electron chi connectivity index (χ1n) is 5.26. The van der Waals surface area contributed by atoms with Gasteiger partial charge in [0.25, 0.3) is 0 Å². The smallest absolute Gasteiger partial charge is 0.212 e. The summed E-state index contributed by atoms with van der Waals surface area (Å²) in [5, 5.41) is 1.11. The van der Waals surface area contributed by atoms with Crippen molar-refractivity contribution in [2.45, 2.75) is 12.2 Å². The Bertz CT molecular complexity index is 584. The van der Waals surface area contributed by atoms with E-state index in [1.54, 1.807) is 16.5 Å². The first-order valence-corrected chi connectivity index (χ1v) is 6.18. The van der Waals surface area contributed by atoms with Crippen LogP contribution < -0.4 is 0 Å². The highest BCUT2D eigenvalue weighted by atomic mass is 31.0. The molecule has 0 aliphatic heterocycles. The fourth-order valence-electron chi connectivity index (χ4n) is 2.01. The van der Waals surface area contributed by atoms with Crippen LogP contribution in [0.3, 0.4) is 0 Å². The standard InChI is InChI=1S/C13H11FNP/c14-13(8-4-1-5-9-13)15-12-7-3-2-6-11(12)10-16-15/h1-8,10H,9H2. The molecule has 1 unspecified atom stereocenters. The third-order valence-electron chi connectivity index (χ3n) is 2.83. The summed E-state index contributed by atoms with van der Waals surface area (Å²) >= 11 is 0. The van der Waals surface area contributed by atoms with Crippen molar-refractivity contribution in [3.8, 4) is 0 Å². The molecule has 1 aliphatic carbocycles. The van der Waals surface area contributed by atoms with Crippen molar-refractivity contribution in [3.63, 3.8) is 0 Å². The van der Waals surface area contributed by atoms with E-state index in [1.807, 2.05) is 42.2 Å². The monoisotopic (exact) mass is 231 g/mol. The number of benzene rings is 1. The number of halogens is 1. The molecule has 0 amide bonds. The first-order chi connectivity index (χ1) is 7.80. The Balaban J connectivity index is 2.19. The van der Waals surface area contributed by atoms with Crippen molar-refractivity contribution in [1.82, 2.24) is 4.33 Å². The minimum Gasteiger partial charge on any atom is -0.286 e. The molecule has 16 heavy (non-hydrogen) atoms. The van der Waals surface area contributed by atoms with Crippen LogP contribution in [0.15, 0.2) is 54.4 Å². The van der Waals surface area contributed by atoms with Gasteiger partial charge >= 0.3 is 0 Å². The molecule has 0 bridgehead atoms. The van der Waals surface area contributed by atoms with E-state index in [4.69, 9.17) is 0 Å². The van der Waals surface area contributed by atoms with Crippen molar-refractivity contribution in [2.75, 3.05) is 0 Å². The van der Waals surface area contributed by atoms with Crippen LogP contribution >= 0.6 is 8.35 Å². The number of nitrogens with zero attached hydrogens (tertiary/aromatic N) is 1. The van der Waals surface area contributed by atoms with E-state index in [1.165, 1.54) is 0 Å². The molecule has 2 aromatic rings. The highest BCUT2D eigenvalue weighted by molar-refractivity contribution is 7.26. The summed E-state index contributed by atoms with van der Waals surface area (Å²) in [5.74, 6) is 0.669. The first kappa shape index (κ1) is 9.80. The van der Waals surface area contributed by atoms with Crippen LogP contribution in [0.4, 0.5) is 4.39 Å². The summed E-state index contributed by atoms with van der Waals surface area (Å²) in [6, 6.07) is 7.93. The molecule has 1 aromatic heterocycles. The molecule has 0 radical (unpaired) electrons. The zero-order valence-electron chi connectivity index (χ0n) is 8.68. The lowest BCUT2D eigenvalue weighted by atomic mass is 10.1. The largest absolute Gasteiger partial charge is 0.286 e. The molecule has 1 atom stereocenters. The number of para-hydroxylation sites is 1. The summed E-state index contributed by atoms with van der Waals surface area (Å²) in [6.45, 7) is 0. The molecule has 3 rings (SSSR count). The fraction of sp³-hybridized carbons (Fsp3) is 0.154. The van der Waals surface area contributed by atoms with Gasteiger partial charge in [-0.05, 0) is 17.9 Å². The molecular weight excluding hydrogens is 220 g/mol. The van der Waals surface area contributed by atoms with Gasteiger partial charge < -0.3 is 0 Å². The Hall–Kier alpha value is -1.40. The van der Waals surface area contributed by atoms with Crippen LogP contribution in [0.1, 0.15) is 6.42 Å². The summed E-state index contributed by atoms with van der Waals surface area (Å²) in [6.07, 6.45) is 7.59. The average Bonchev–Trinajstić information content (AvgIpc) is 2.74. The van der Waals surface area contributed by atoms with Gasteiger partial charge in [0.1, 0.15) is 0 Å². The van der Waals surface area contributed by atoms with Crippen LogP contribution in [0, 0.1) is 0 Å². The molecule has 1 aromatic carbocycles. The summed E-state index contributed by atoms with van der Waals surface area (Å²) < 4.78 is 16.5. The lowest BCUT2D eigenvalue weighted by Crippen LogP contribution is -2.23. The molecule has 1 nitrogen and oxygen atoms in total. The van der Waals surface area contributed by atoms with Gasteiger partial charge in [-0.15, -0.1) is 0 Å². The number of aromatic nitrogens is 1. The van der Waals surface area contributed by atoms with Crippen molar-refractivity contribution in [3.05, 3.63) is 54.4 Å². The number of hydrogen-bond donors (Lipinski definition) is 0. The van der Waals surface area contributed by atoms with E-state index in [0.717, 1.165) is 19.3 Å². The number of fused-ring (bicyclic) bond motifs is 1.